The van der Waals surface area contributed by atoms with E-state index >= 15 is 0 Å². The van der Waals surface area contributed by atoms with E-state index in [9.17, 15) is 4.79 Å². The maximum Gasteiger partial charge on any atom is 0.327 e. The quantitative estimate of drug-likeness (QED) is 0.588. The minimum atomic E-state index is -0.642. The number of rotatable bonds is 8. The summed E-state index contributed by atoms with van der Waals surface area (Å²) in [6.45, 7) is 8.23. The van der Waals surface area contributed by atoms with Gasteiger partial charge in [-0.3, -0.25) is 10.1 Å². The predicted molar refractivity (Wildman–Crippen MR) is 82.3 cm³/mol. The Bertz CT molecular complexity index is 485. The molecule has 5 nitrogen and oxygen atoms in total. The van der Waals surface area contributed by atoms with Crippen molar-refractivity contribution in [3.8, 4) is 0 Å². The number of aryl methyl sites for hydroxylation is 1. The van der Waals surface area contributed by atoms with Gasteiger partial charge in [0.25, 0.3) is 5.22 Å². The smallest absolute Gasteiger partial charge is 0.327 e. The number of carbonyl (C=O) groups is 1. The summed E-state index contributed by atoms with van der Waals surface area (Å²) in [4.78, 5) is 16.9. The van der Waals surface area contributed by atoms with Crippen molar-refractivity contribution in [2.24, 2.45) is 5.92 Å². The van der Waals surface area contributed by atoms with Crippen molar-refractivity contribution >= 4 is 17.7 Å². The lowest BCUT2D eigenvalue weighted by molar-refractivity contribution is -0.151. The lowest BCUT2D eigenvalue weighted by Gasteiger charge is -2.34. The maximum absolute atomic E-state index is 12.6. The number of nitrogens with one attached hydrogen (secondary N) is 1. The van der Waals surface area contributed by atoms with E-state index in [0.29, 0.717) is 23.5 Å². The molecule has 6 heteroatoms. The van der Waals surface area contributed by atoms with Crippen LogP contribution in [0.15, 0.2) is 15.9 Å². The highest BCUT2D eigenvalue weighted by molar-refractivity contribution is 7.99. The highest BCUT2D eigenvalue weighted by atomic mass is 32.2. The third-order valence-electron chi connectivity index (χ3n) is 3.48. The average molecular weight is 312 g/mol. The second-order valence-electron chi connectivity index (χ2n) is 5.81. The van der Waals surface area contributed by atoms with Gasteiger partial charge in [-0.1, -0.05) is 11.8 Å². The molecule has 0 radical (unpaired) electrons. The van der Waals surface area contributed by atoms with Gasteiger partial charge < -0.3 is 9.15 Å². The van der Waals surface area contributed by atoms with Gasteiger partial charge in [-0.2, -0.15) is 0 Å². The molecule has 0 aromatic carbocycles. The van der Waals surface area contributed by atoms with Gasteiger partial charge in [-0.15, -0.1) is 0 Å². The third kappa shape index (κ3) is 4.01. The average Bonchev–Trinajstić information content (AvgIpc) is 3.18. The number of aromatic nitrogens is 1. The van der Waals surface area contributed by atoms with Crippen LogP contribution in [-0.4, -0.2) is 34.9 Å². The van der Waals surface area contributed by atoms with Gasteiger partial charge in [-0.25, -0.2) is 4.98 Å². The summed E-state index contributed by atoms with van der Waals surface area (Å²) in [6, 6.07) is 0.210. The summed E-state index contributed by atoms with van der Waals surface area (Å²) in [7, 11) is 0. The topological polar surface area (TPSA) is 64.4 Å². The maximum atomic E-state index is 12.6. The van der Waals surface area contributed by atoms with Gasteiger partial charge in [0.15, 0.2) is 0 Å². The number of hydrogen-bond acceptors (Lipinski definition) is 6. The first-order chi connectivity index (χ1) is 9.98. The van der Waals surface area contributed by atoms with Crippen LogP contribution in [0.2, 0.25) is 0 Å². The molecular formula is C15H24N2O3S. The largest absolute Gasteiger partial charge is 0.465 e. The summed E-state index contributed by atoms with van der Waals surface area (Å²) in [5.74, 6) is 0.758. The van der Waals surface area contributed by atoms with Crippen molar-refractivity contribution in [2.75, 3.05) is 12.4 Å². The molecule has 21 heavy (non-hydrogen) atoms. The first-order valence-electron chi connectivity index (χ1n) is 7.47. The summed E-state index contributed by atoms with van der Waals surface area (Å²) in [6.07, 6.45) is 3.74. The van der Waals surface area contributed by atoms with Crippen molar-refractivity contribution in [3.05, 3.63) is 12.0 Å². The lowest BCUT2D eigenvalue weighted by atomic mass is 9.94. The fourth-order valence-corrected chi connectivity index (χ4v) is 3.60. The van der Waals surface area contributed by atoms with Gasteiger partial charge >= 0.3 is 5.97 Å². The number of oxazole rings is 1. The zero-order chi connectivity index (χ0) is 15.5. The summed E-state index contributed by atoms with van der Waals surface area (Å²) in [5, 5.41) is 4.06. The first-order valence-corrected chi connectivity index (χ1v) is 8.46. The summed E-state index contributed by atoms with van der Waals surface area (Å²) < 4.78 is 10.7. The minimum Gasteiger partial charge on any atom is -0.465 e. The summed E-state index contributed by atoms with van der Waals surface area (Å²) in [5.41, 5.74) is 0.208. The highest BCUT2D eigenvalue weighted by Gasteiger charge is 2.52. The van der Waals surface area contributed by atoms with Crippen LogP contribution < -0.4 is 5.32 Å². The Morgan fingerprint density at radius 2 is 2.33 bits per heavy atom. The van der Waals surface area contributed by atoms with Crippen molar-refractivity contribution in [1.29, 1.82) is 0 Å². The zero-order valence-electron chi connectivity index (χ0n) is 13.1. The van der Waals surface area contributed by atoms with Crippen LogP contribution in [0.4, 0.5) is 0 Å². The highest BCUT2D eigenvalue weighted by Crippen LogP contribution is 2.43. The van der Waals surface area contributed by atoms with E-state index in [1.54, 1.807) is 6.26 Å². The molecule has 1 N–H and O–H groups in total. The number of ether oxygens (including phenoxy) is 1. The van der Waals surface area contributed by atoms with E-state index in [-0.39, 0.29) is 12.0 Å². The van der Waals surface area contributed by atoms with Crippen molar-refractivity contribution in [1.82, 2.24) is 10.3 Å². The summed E-state index contributed by atoms with van der Waals surface area (Å²) >= 11 is 1.47. The van der Waals surface area contributed by atoms with Crippen LogP contribution in [0.25, 0.3) is 0 Å². The molecule has 1 aliphatic rings. The fraction of sp³-hybridized carbons (Fsp3) is 0.733. The van der Waals surface area contributed by atoms with Crippen molar-refractivity contribution < 1.29 is 13.9 Å². The van der Waals surface area contributed by atoms with Crippen LogP contribution >= 0.6 is 11.8 Å². The van der Waals surface area contributed by atoms with Gasteiger partial charge in [0, 0.05) is 11.8 Å². The molecule has 1 unspecified atom stereocenters. The Kier molecular flexibility index (Phi) is 5.32. The Balaban J connectivity index is 2.14. The molecule has 0 bridgehead atoms. The standard InChI is InChI=1S/C15H24N2O3S/c1-5-19-13(18)15(12-6-7-12,17-10(2)3)9-21-14-16-11(4)8-20-14/h8,10,12,17H,5-7,9H2,1-4H3. The fourth-order valence-electron chi connectivity index (χ4n) is 2.49. The molecule has 0 saturated heterocycles. The van der Waals surface area contributed by atoms with E-state index in [0.717, 1.165) is 18.5 Å². The molecule has 0 amide bonds. The lowest BCUT2D eigenvalue weighted by Crippen LogP contribution is -2.59. The molecule has 2 rings (SSSR count). The van der Waals surface area contributed by atoms with E-state index in [1.165, 1.54) is 11.8 Å². The molecule has 0 aliphatic heterocycles. The predicted octanol–water partition coefficient (Wildman–Crippen LogP) is 2.79. The van der Waals surface area contributed by atoms with Gasteiger partial charge in [0.05, 0.1) is 12.3 Å². The Labute approximate surface area is 130 Å². The van der Waals surface area contributed by atoms with E-state index in [4.69, 9.17) is 9.15 Å². The minimum absolute atomic E-state index is 0.156. The van der Waals surface area contributed by atoms with Crippen LogP contribution in [-0.2, 0) is 9.53 Å². The molecule has 1 atom stereocenters. The molecule has 118 valence electrons. The van der Waals surface area contributed by atoms with Crippen LogP contribution in [0, 0.1) is 12.8 Å². The monoisotopic (exact) mass is 312 g/mol. The third-order valence-corrected chi connectivity index (χ3v) is 4.52. The normalized spacial score (nSPS) is 17.8. The van der Waals surface area contributed by atoms with Gasteiger partial charge in [0.1, 0.15) is 11.8 Å². The van der Waals surface area contributed by atoms with Gasteiger partial charge in [0.2, 0.25) is 0 Å². The van der Waals surface area contributed by atoms with Crippen LogP contribution in [0.3, 0.4) is 0 Å². The van der Waals surface area contributed by atoms with Crippen molar-refractivity contribution in [3.63, 3.8) is 0 Å². The molecule has 1 heterocycles. The van der Waals surface area contributed by atoms with Gasteiger partial charge in [-0.05, 0) is 46.5 Å². The molecule has 0 spiro atoms. The number of carbonyl (C=O) groups excluding carboxylic acids is 1. The first kappa shape index (κ1) is 16.4. The molecule has 1 aromatic heterocycles. The Morgan fingerprint density at radius 3 is 2.81 bits per heavy atom. The molecule has 1 fully saturated rings. The molecule has 1 saturated carbocycles. The van der Waals surface area contributed by atoms with E-state index in [2.05, 4.69) is 24.1 Å². The SMILES string of the molecule is CCOC(=O)C(CSc1nc(C)co1)(NC(C)C)C1CC1. The zero-order valence-corrected chi connectivity index (χ0v) is 14.0. The number of thioether (sulfide) groups is 1. The van der Waals surface area contributed by atoms with Crippen LogP contribution in [0.5, 0.6) is 0 Å². The van der Waals surface area contributed by atoms with Crippen molar-refractivity contribution in [2.45, 2.75) is 57.3 Å². The van der Waals surface area contributed by atoms with E-state index < -0.39 is 5.54 Å². The number of esters is 1. The molecule has 1 aromatic rings. The molecular weight excluding hydrogens is 288 g/mol. The number of nitrogens with zero attached hydrogens (tertiary/aromatic N) is 1. The Hall–Kier alpha value is -1.01. The molecule has 1 aliphatic carbocycles. The second-order valence-corrected chi connectivity index (χ2v) is 6.74. The Morgan fingerprint density at radius 1 is 1.62 bits per heavy atom. The second kappa shape index (κ2) is 6.83. The van der Waals surface area contributed by atoms with Crippen LogP contribution in [0.1, 0.15) is 39.3 Å². The number of hydrogen-bond donors (Lipinski definition) is 1. The van der Waals surface area contributed by atoms with E-state index in [1.807, 2.05) is 13.8 Å².